The van der Waals surface area contributed by atoms with Crippen molar-refractivity contribution in [2.75, 3.05) is 12.4 Å². The zero-order chi connectivity index (χ0) is 22.7. The number of aromatic nitrogens is 2. The lowest BCUT2D eigenvalue weighted by atomic mass is 10.2. The predicted octanol–water partition coefficient (Wildman–Crippen LogP) is 5.17. The maximum absolute atomic E-state index is 13.4. The smallest absolute Gasteiger partial charge is 0.266 e. The standard InChI is InChI=1S/C24H20ClN3O3S/c1-15(22(29)26-21-13-6-4-11-19(21)25)32-24-27-20-12-5-3-10-18(20)23(30)28(24)16-8-7-9-17(14-16)31-2/h3-15H,1-2H3,(H,26,29). The number of para-hydroxylation sites is 2. The van der Waals surface area contributed by atoms with Crippen molar-refractivity contribution in [2.45, 2.75) is 17.3 Å². The number of carbonyl (C=O) groups is 1. The number of carbonyl (C=O) groups excluding carboxylic acids is 1. The number of rotatable bonds is 6. The van der Waals surface area contributed by atoms with Gasteiger partial charge in [0, 0.05) is 6.07 Å². The lowest BCUT2D eigenvalue weighted by Gasteiger charge is -2.17. The van der Waals surface area contributed by atoms with E-state index in [4.69, 9.17) is 21.3 Å². The van der Waals surface area contributed by atoms with Crippen molar-refractivity contribution in [3.8, 4) is 11.4 Å². The van der Waals surface area contributed by atoms with Crippen LogP contribution in [0.4, 0.5) is 5.69 Å². The van der Waals surface area contributed by atoms with Gasteiger partial charge in [0.1, 0.15) is 5.75 Å². The average molecular weight is 466 g/mol. The summed E-state index contributed by atoms with van der Waals surface area (Å²) in [6.45, 7) is 1.76. The lowest BCUT2D eigenvalue weighted by molar-refractivity contribution is -0.115. The van der Waals surface area contributed by atoms with Crippen LogP contribution in [-0.4, -0.2) is 27.8 Å². The number of thioether (sulfide) groups is 1. The molecule has 0 spiro atoms. The maximum Gasteiger partial charge on any atom is 0.266 e. The van der Waals surface area contributed by atoms with E-state index in [9.17, 15) is 9.59 Å². The van der Waals surface area contributed by atoms with Gasteiger partial charge in [-0.05, 0) is 43.3 Å². The average Bonchev–Trinajstić information content (AvgIpc) is 2.80. The molecule has 1 heterocycles. The second-order valence-corrected chi connectivity index (χ2v) is 8.70. The van der Waals surface area contributed by atoms with Gasteiger partial charge in [0.25, 0.3) is 5.56 Å². The van der Waals surface area contributed by atoms with Crippen molar-refractivity contribution in [1.29, 1.82) is 0 Å². The van der Waals surface area contributed by atoms with Crippen LogP contribution in [0.15, 0.2) is 82.7 Å². The van der Waals surface area contributed by atoms with Crippen molar-refractivity contribution >= 4 is 45.9 Å². The fourth-order valence-corrected chi connectivity index (χ4v) is 4.29. The van der Waals surface area contributed by atoms with E-state index < -0.39 is 5.25 Å². The first-order chi connectivity index (χ1) is 15.5. The van der Waals surface area contributed by atoms with Gasteiger partial charge in [0.2, 0.25) is 5.91 Å². The van der Waals surface area contributed by atoms with E-state index in [2.05, 4.69) is 5.32 Å². The molecule has 4 aromatic rings. The minimum absolute atomic E-state index is 0.218. The molecule has 0 radical (unpaired) electrons. The quantitative estimate of drug-likeness (QED) is 0.314. The van der Waals surface area contributed by atoms with Gasteiger partial charge in [-0.3, -0.25) is 14.2 Å². The van der Waals surface area contributed by atoms with E-state index in [1.165, 1.54) is 16.3 Å². The molecule has 8 heteroatoms. The van der Waals surface area contributed by atoms with Crippen molar-refractivity contribution in [1.82, 2.24) is 9.55 Å². The Labute approximate surface area is 194 Å². The minimum atomic E-state index is -0.545. The third kappa shape index (κ3) is 4.49. The summed E-state index contributed by atoms with van der Waals surface area (Å²) in [5, 5.41) is 3.64. The minimum Gasteiger partial charge on any atom is -0.497 e. The number of benzene rings is 3. The van der Waals surface area contributed by atoms with Crippen molar-refractivity contribution in [3.05, 3.63) is 88.2 Å². The van der Waals surface area contributed by atoms with Gasteiger partial charge in [-0.15, -0.1) is 0 Å². The molecule has 32 heavy (non-hydrogen) atoms. The molecule has 4 rings (SSSR count). The number of hydrogen-bond acceptors (Lipinski definition) is 5. The SMILES string of the molecule is COc1cccc(-n2c(SC(C)C(=O)Nc3ccccc3Cl)nc3ccccc3c2=O)c1. The Bertz CT molecular complexity index is 1360. The van der Waals surface area contributed by atoms with E-state index >= 15 is 0 Å². The molecular weight excluding hydrogens is 446 g/mol. The topological polar surface area (TPSA) is 73.2 Å². The molecule has 6 nitrogen and oxygen atoms in total. The monoisotopic (exact) mass is 465 g/mol. The van der Waals surface area contributed by atoms with Crippen LogP contribution in [0.5, 0.6) is 5.75 Å². The second kappa shape index (κ2) is 9.46. The first-order valence-electron chi connectivity index (χ1n) is 9.86. The molecular formula is C24H20ClN3O3S. The number of halogens is 1. The van der Waals surface area contributed by atoms with Gasteiger partial charge in [-0.2, -0.15) is 0 Å². The van der Waals surface area contributed by atoms with E-state index in [1.54, 1.807) is 80.8 Å². The Hall–Kier alpha value is -3.29. The van der Waals surface area contributed by atoms with Gasteiger partial charge in [-0.25, -0.2) is 4.98 Å². The number of nitrogens with one attached hydrogen (secondary N) is 1. The summed E-state index contributed by atoms with van der Waals surface area (Å²) in [6, 6.07) is 21.3. The van der Waals surface area contributed by atoms with Crippen LogP contribution in [0.2, 0.25) is 5.02 Å². The number of methoxy groups -OCH3 is 1. The molecule has 0 aliphatic carbocycles. The van der Waals surface area contributed by atoms with Crippen molar-refractivity contribution in [3.63, 3.8) is 0 Å². The Morgan fingerprint density at radius 1 is 1.09 bits per heavy atom. The summed E-state index contributed by atoms with van der Waals surface area (Å²) >= 11 is 7.36. The molecule has 3 aromatic carbocycles. The highest BCUT2D eigenvalue weighted by Gasteiger charge is 2.21. The molecule has 0 fully saturated rings. The van der Waals surface area contributed by atoms with E-state index in [-0.39, 0.29) is 11.5 Å². The highest BCUT2D eigenvalue weighted by Crippen LogP contribution is 2.28. The van der Waals surface area contributed by atoms with E-state index in [0.717, 1.165) is 0 Å². The molecule has 0 saturated heterocycles. The van der Waals surface area contributed by atoms with E-state index in [1.807, 2.05) is 6.07 Å². The Morgan fingerprint density at radius 2 is 1.84 bits per heavy atom. The molecule has 1 amide bonds. The zero-order valence-electron chi connectivity index (χ0n) is 17.4. The van der Waals surface area contributed by atoms with Gasteiger partial charge in [0.15, 0.2) is 5.16 Å². The van der Waals surface area contributed by atoms with Crippen LogP contribution < -0.4 is 15.6 Å². The third-order valence-electron chi connectivity index (χ3n) is 4.84. The maximum atomic E-state index is 13.4. The van der Waals surface area contributed by atoms with Crippen molar-refractivity contribution in [2.24, 2.45) is 0 Å². The Kier molecular flexibility index (Phi) is 6.48. The molecule has 1 N–H and O–H groups in total. The summed E-state index contributed by atoms with van der Waals surface area (Å²) in [5.41, 5.74) is 1.49. The summed E-state index contributed by atoms with van der Waals surface area (Å²) in [7, 11) is 1.57. The first kappa shape index (κ1) is 21.9. The predicted molar refractivity (Wildman–Crippen MR) is 129 cm³/mol. The van der Waals surface area contributed by atoms with Crippen LogP contribution >= 0.6 is 23.4 Å². The molecule has 0 bridgehead atoms. The lowest BCUT2D eigenvalue weighted by Crippen LogP contribution is -2.26. The van der Waals surface area contributed by atoms with Crippen LogP contribution in [0.3, 0.4) is 0 Å². The largest absolute Gasteiger partial charge is 0.497 e. The normalized spacial score (nSPS) is 11.8. The highest BCUT2D eigenvalue weighted by atomic mass is 35.5. The number of amides is 1. The first-order valence-corrected chi connectivity index (χ1v) is 11.1. The molecule has 0 saturated carbocycles. The molecule has 1 atom stereocenters. The number of ether oxygens (including phenoxy) is 1. The van der Waals surface area contributed by atoms with Crippen LogP contribution in [0, 0.1) is 0 Å². The van der Waals surface area contributed by atoms with Gasteiger partial charge in [-0.1, -0.05) is 53.7 Å². The molecule has 0 aliphatic heterocycles. The fraction of sp³-hybridized carbons (Fsp3) is 0.125. The molecule has 0 aliphatic rings. The van der Waals surface area contributed by atoms with Crippen molar-refractivity contribution < 1.29 is 9.53 Å². The van der Waals surface area contributed by atoms with Gasteiger partial charge >= 0.3 is 0 Å². The number of fused-ring (bicyclic) bond motifs is 1. The Morgan fingerprint density at radius 3 is 2.62 bits per heavy atom. The second-order valence-electron chi connectivity index (χ2n) is 6.98. The molecule has 162 valence electrons. The zero-order valence-corrected chi connectivity index (χ0v) is 19.0. The van der Waals surface area contributed by atoms with Gasteiger partial charge in [0.05, 0.1) is 39.7 Å². The number of nitrogens with zero attached hydrogens (tertiary/aromatic N) is 2. The highest BCUT2D eigenvalue weighted by molar-refractivity contribution is 8.00. The number of anilines is 1. The van der Waals surface area contributed by atoms with Crippen LogP contribution in [0.1, 0.15) is 6.92 Å². The summed E-state index contributed by atoms with van der Waals surface area (Å²) in [4.78, 5) is 30.9. The molecule has 1 unspecified atom stereocenters. The molecule has 1 aromatic heterocycles. The van der Waals surface area contributed by atoms with E-state index in [0.29, 0.717) is 38.2 Å². The fourth-order valence-electron chi connectivity index (χ4n) is 3.18. The van der Waals surface area contributed by atoms with Gasteiger partial charge < -0.3 is 10.1 Å². The Balaban J connectivity index is 1.74. The van der Waals surface area contributed by atoms with Crippen LogP contribution in [0.25, 0.3) is 16.6 Å². The summed E-state index contributed by atoms with van der Waals surface area (Å²) < 4.78 is 6.83. The number of hydrogen-bond donors (Lipinski definition) is 1. The summed E-state index contributed by atoms with van der Waals surface area (Å²) in [5.74, 6) is 0.366. The van der Waals surface area contributed by atoms with Crippen LogP contribution in [-0.2, 0) is 4.79 Å². The third-order valence-corrected chi connectivity index (χ3v) is 6.22. The summed E-state index contributed by atoms with van der Waals surface area (Å²) in [6.07, 6.45) is 0.